The second-order valence-electron chi connectivity index (χ2n) is 4.72. The molecule has 0 amide bonds. The van der Waals surface area contributed by atoms with Crippen molar-refractivity contribution in [2.45, 2.75) is 38.3 Å². The van der Waals surface area contributed by atoms with Crippen LogP contribution in [-0.4, -0.2) is 32.5 Å². The molecule has 1 rings (SSSR count). The third-order valence-corrected chi connectivity index (χ3v) is 5.92. The molecule has 0 bridgehead atoms. The first-order valence-corrected chi connectivity index (χ1v) is 10.0. The Morgan fingerprint density at radius 1 is 1.33 bits per heavy atom. The molecule has 0 aliphatic carbocycles. The maximum Gasteiger partial charge on any atom is 0.240 e. The number of thioether (sulfide) groups is 1. The molecule has 0 aliphatic rings. The molecule has 0 spiro atoms. The lowest BCUT2D eigenvalue weighted by Crippen LogP contribution is -2.34. The Bertz CT molecular complexity index is 550. The molecule has 2 N–H and O–H groups in total. The van der Waals surface area contributed by atoms with Crippen LogP contribution in [0.3, 0.4) is 0 Å². The molecule has 120 valence electrons. The molecule has 0 aliphatic heterocycles. The van der Waals surface area contributed by atoms with Crippen molar-refractivity contribution >= 4 is 33.4 Å². The van der Waals surface area contributed by atoms with Gasteiger partial charge in [0, 0.05) is 23.4 Å². The molecule has 0 fully saturated rings. The Balaban J connectivity index is 2.87. The molecule has 1 aromatic carbocycles. The average Bonchev–Trinajstić information content (AvgIpc) is 2.43. The largest absolute Gasteiger partial charge is 0.313 e. The first-order chi connectivity index (χ1) is 9.90. The lowest BCUT2D eigenvalue weighted by molar-refractivity contribution is 0.571. The van der Waals surface area contributed by atoms with E-state index in [1.54, 1.807) is 30.0 Å². The van der Waals surface area contributed by atoms with Gasteiger partial charge >= 0.3 is 0 Å². The van der Waals surface area contributed by atoms with E-state index in [2.05, 4.69) is 17.0 Å². The highest BCUT2D eigenvalue weighted by molar-refractivity contribution is 7.99. The molecule has 4 nitrogen and oxygen atoms in total. The molecule has 1 atom stereocenters. The minimum atomic E-state index is -3.50. The van der Waals surface area contributed by atoms with Crippen LogP contribution in [-0.2, 0) is 16.6 Å². The van der Waals surface area contributed by atoms with E-state index in [-0.39, 0.29) is 10.9 Å². The van der Waals surface area contributed by atoms with Crippen molar-refractivity contribution in [3.05, 3.63) is 28.8 Å². The molecule has 1 unspecified atom stereocenters. The summed E-state index contributed by atoms with van der Waals surface area (Å²) in [5, 5.41) is 3.72. The maximum absolute atomic E-state index is 12.4. The van der Waals surface area contributed by atoms with Gasteiger partial charge in [0.25, 0.3) is 0 Å². The molecule has 21 heavy (non-hydrogen) atoms. The summed E-state index contributed by atoms with van der Waals surface area (Å²) in [7, 11) is -3.50. The van der Waals surface area contributed by atoms with Crippen LogP contribution in [0.25, 0.3) is 0 Å². The summed E-state index contributed by atoms with van der Waals surface area (Å²) in [5.74, 6) is 1.73. The smallest absolute Gasteiger partial charge is 0.240 e. The first kappa shape index (κ1) is 18.8. The van der Waals surface area contributed by atoms with Crippen molar-refractivity contribution in [2.75, 3.05) is 18.1 Å². The van der Waals surface area contributed by atoms with Gasteiger partial charge in [0.2, 0.25) is 10.0 Å². The van der Waals surface area contributed by atoms with E-state index >= 15 is 0 Å². The zero-order valence-electron chi connectivity index (χ0n) is 12.6. The fourth-order valence-corrected chi connectivity index (χ4v) is 4.03. The van der Waals surface area contributed by atoms with E-state index in [9.17, 15) is 8.42 Å². The molecule has 0 aromatic heterocycles. The number of halogens is 1. The number of benzene rings is 1. The molecular formula is C14H23ClN2O2S2. The first-order valence-electron chi connectivity index (χ1n) is 7.00. The second-order valence-corrected chi connectivity index (χ2v) is 8.16. The zero-order valence-corrected chi connectivity index (χ0v) is 15.0. The van der Waals surface area contributed by atoms with Crippen molar-refractivity contribution in [3.8, 4) is 0 Å². The molecule has 0 saturated heterocycles. The third-order valence-electron chi connectivity index (χ3n) is 2.82. The van der Waals surface area contributed by atoms with Crippen molar-refractivity contribution in [3.63, 3.8) is 0 Å². The Kier molecular flexibility index (Phi) is 8.05. The minimum absolute atomic E-state index is 0.104. The van der Waals surface area contributed by atoms with Gasteiger partial charge in [0.15, 0.2) is 0 Å². The Morgan fingerprint density at radius 2 is 2.05 bits per heavy atom. The van der Waals surface area contributed by atoms with Crippen LogP contribution >= 0.6 is 23.4 Å². The lowest BCUT2D eigenvalue weighted by atomic mass is 10.2. The van der Waals surface area contributed by atoms with Crippen molar-refractivity contribution in [1.29, 1.82) is 0 Å². The Morgan fingerprint density at radius 3 is 2.67 bits per heavy atom. The summed E-state index contributed by atoms with van der Waals surface area (Å²) in [6.07, 6.45) is 0. The summed E-state index contributed by atoms with van der Waals surface area (Å²) >= 11 is 7.81. The topological polar surface area (TPSA) is 58.2 Å². The predicted molar refractivity (Wildman–Crippen MR) is 91.6 cm³/mol. The average molecular weight is 351 g/mol. The normalized spacial score (nSPS) is 13.3. The number of hydrogen-bond acceptors (Lipinski definition) is 4. The highest BCUT2D eigenvalue weighted by atomic mass is 35.5. The quantitative estimate of drug-likeness (QED) is 0.719. The van der Waals surface area contributed by atoms with Crippen molar-refractivity contribution in [2.24, 2.45) is 0 Å². The van der Waals surface area contributed by atoms with Crippen LogP contribution in [0.4, 0.5) is 0 Å². The van der Waals surface area contributed by atoms with Crippen LogP contribution in [0.15, 0.2) is 23.1 Å². The number of sulfonamides is 1. The van der Waals surface area contributed by atoms with Crippen LogP contribution in [0, 0.1) is 0 Å². The molecule has 0 radical (unpaired) electrons. The van der Waals surface area contributed by atoms with Crippen LogP contribution in [0.2, 0.25) is 5.02 Å². The summed E-state index contributed by atoms with van der Waals surface area (Å²) in [6, 6.07) is 4.70. The molecular weight excluding hydrogens is 328 g/mol. The number of nitrogens with one attached hydrogen (secondary N) is 2. The van der Waals surface area contributed by atoms with Gasteiger partial charge in [0.1, 0.15) is 0 Å². The van der Waals surface area contributed by atoms with E-state index in [1.807, 2.05) is 13.8 Å². The number of hydrogen-bond donors (Lipinski definition) is 2. The zero-order chi connectivity index (χ0) is 15.9. The van der Waals surface area contributed by atoms with Crippen LogP contribution < -0.4 is 10.0 Å². The monoisotopic (exact) mass is 350 g/mol. The fraction of sp³-hybridized carbons (Fsp3) is 0.571. The van der Waals surface area contributed by atoms with E-state index in [1.165, 1.54) is 0 Å². The number of rotatable bonds is 9. The van der Waals surface area contributed by atoms with Gasteiger partial charge < -0.3 is 5.32 Å². The molecule has 1 aromatic rings. The van der Waals surface area contributed by atoms with Crippen molar-refractivity contribution < 1.29 is 8.42 Å². The molecule has 7 heteroatoms. The van der Waals surface area contributed by atoms with Crippen molar-refractivity contribution in [1.82, 2.24) is 10.0 Å². The maximum atomic E-state index is 12.4. The molecule has 0 saturated carbocycles. The van der Waals surface area contributed by atoms with Gasteiger partial charge in [-0.05, 0) is 43.0 Å². The van der Waals surface area contributed by atoms with Gasteiger partial charge in [-0.3, -0.25) is 0 Å². The fourth-order valence-electron chi connectivity index (χ4n) is 1.77. The lowest BCUT2D eigenvalue weighted by Gasteiger charge is -2.14. The summed E-state index contributed by atoms with van der Waals surface area (Å²) in [6.45, 7) is 7.27. The highest BCUT2D eigenvalue weighted by Gasteiger charge is 2.18. The van der Waals surface area contributed by atoms with E-state index in [0.717, 1.165) is 23.6 Å². The van der Waals surface area contributed by atoms with Gasteiger partial charge in [0.05, 0.1) is 4.90 Å². The SMILES string of the molecule is CCNCc1cc(S(=O)(=O)NC(C)CSCC)ccc1Cl. The van der Waals surface area contributed by atoms with Gasteiger partial charge in [-0.15, -0.1) is 0 Å². The molecule has 0 heterocycles. The van der Waals surface area contributed by atoms with Gasteiger partial charge in [-0.25, -0.2) is 13.1 Å². The summed E-state index contributed by atoms with van der Waals surface area (Å²) in [5.41, 5.74) is 0.789. The van der Waals surface area contributed by atoms with Gasteiger partial charge in [-0.2, -0.15) is 11.8 Å². The Hall–Kier alpha value is -0.270. The minimum Gasteiger partial charge on any atom is -0.313 e. The predicted octanol–water partition coefficient (Wildman–Crippen LogP) is 2.87. The summed E-state index contributed by atoms with van der Waals surface area (Å²) < 4.78 is 27.4. The highest BCUT2D eigenvalue weighted by Crippen LogP contribution is 2.21. The van der Waals surface area contributed by atoms with E-state index in [4.69, 9.17) is 11.6 Å². The Labute approximate surface area is 137 Å². The third kappa shape index (κ3) is 6.16. The summed E-state index contributed by atoms with van der Waals surface area (Å²) in [4.78, 5) is 0.258. The second kappa shape index (κ2) is 9.00. The van der Waals surface area contributed by atoms with E-state index in [0.29, 0.717) is 11.6 Å². The van der Waals surface area contributed by atoms with E-state index < -0.39 is 10.0 Å². The van der Waals surface area contributed by atoms with Crippen LogP contribution in [0.5, 0.6) is 0 Å². The standard InChI is InChI=1S/C14H23ClN2O2S2/c1-4-16-9-12-8-13(6-7-14(12)15)21(18,19)17-11(3)10-20-5-2/h6-8,11,16-17H,4-5,9-10H2,1-3H3. The van der Waals surface area contributed by atoms with Crippen LogP contribution in [0.1, 0.15) is 26.3 Å². The van der Waals surface area contributed by atoms with Gasteiger partial charge in [-0.1, -0.05) is 25.4 Å².